The Labute approximate surface area is 64.8 Å². The number of thiazole rings is 1. The van der Waals surface area contributed by atoms with Crippen LogP contribution in [-0.2, 0) is 0 Å². The highest BCUT2D eigenvalue weighted by atomic mass is 35.5. The molecule has 0 fully saturated rings. The predicted octanol–water partition coefficient (Wildman–Crippen LogP) is 2.52. The van der Waals surface area contributed by atoms with Crippen molar-refractivity contribution in [2.75, 3.05) is 0 Å². The Bertz CT molecular complexity index is 195. The molecule has 0 saturated heterocycles. The summed E-state index contributed by atoms with van der Waals surface area (Å²) in [7, 11) is 0. The molecule has 0 saturated carbocycles. The summed E-state index contributed by atoms with van der Waals surface area (Å²) in [6.45, 7) is 5.57. The van der Waals surface area contributed by atoms with Crippen molar-refractivity contribution in [1.29, 1.82) is 0 Å². The molecule has 0 bridgehead atoms. The van der Waals surface area contributed by atoms with Gasteiger partial charge in [0.1, 0.15) is 0 Å². The summed E-state index contributed by atoms with van der Waals surface area (Å²) in [6.07, 6.45) is 1.75. The van der Waals surface area contributed by atoms with E-state index < -0.39 is 0 Å². The van der Waals surface area contributed by atoms with Crippen LogP contribution in [-0.4, -0.2) is 4.98 Å². The first-order chi connectivity index (χ1) is 3.83. The van der Waals surface area contributed by atoms with Crippen LogP contribution in [0.25, 0.3) is 6.08 Å². The number of rotatable bonds is 1. The summed E-state index contributed by atoms with van der Waals surface area (Å²) >= 11 is 1.65. The minimum atomic E-state index is 0. The van der Waals surface area contributed by atoms with Gasteiger partial charge in [0.2, 0.25) is 0 Å². The largest absolute Gasteiger partial charge is 0.242 e. The van der Waals surface area contributed by atoms with E-state index in [9.17, 15) is 0 Å². The van der Waals surface area contributed by atoms with Crippen LogP contribution < -0.4 is 0 Å². The van der Waals surface area contributed by atoms with E-state index in [0.29, 0.717) is 0 Å². The van der Waals surface area contributed by atoms with Gasteiger partial charge in [0, 0.05) is 5.38 Å². The van der Waals surface area contributed by atoms with Gasteiger partial charge in [-0.2, -0.15) is 0 Å². The second-order valence-corrected chi connectivity index (χ2v) is 2.56. The van der Waals surface area contributed by atoms with Crippen molar-refractivity contribution in [2.45, 2.75) is 6.92 Å². The second-order valence-electron chi connectivity index (χ2n) is 1.50. The minimum absolute atomic E-state index is 0. The highest BCUT2D eigenvalue weighted by Gasteiger charge is 1.88. The lowest BCUT2D eigenvalue weighted by Crippen LogP contribution is -1.67. The van der Waals surface area contributed by atoms with Crippen LogP contribution in [0.5, 0.6) is 0 Å². The van der Waals surface area contributed by atoms with Gasteiger partial charge in [0.05, 0.1) is 10.7 Å². The van der Waals surface area contributed by atoms with Gasteiger partial charge in [-0.3, -0.25) is 0 Å². The zero-order valence-electron chi connectivity index (χ0n) is 5.13. The van der Waals surface area contributed by atoms with Crippen molar-refractivity contribution in [2.24, 2.45) is 0 Å². The van der Waals surface area contributed by atoms with Crippen LogP contribution in [0.15, 0.2) is 12.0 Å². The number of aromatic nitrogens is 1. The fourth-order valence-electron chi connectivity index (χ4n) is 0.474. The van der Waals surface area contributed by atoms with Gasteiger partial charge in [-0.15, -0.1) is 23.7 Å². The number of hydrogen-bond donors (Lipinski definition) is 0. The lowest BCUT2D eigenvalue weighted by Gasteiger charge is -1.74. The quantitative estimate of drug-likeness (QED) is 0.617. The van der Waals surface area contributed by atoms with Crippen LogP contribution in [0.4, 0.5) is 0 Å². The third kappa shape index (κ3) is 2.16. The van der Waals surface area contributed by atoms with Gasteiger partial charge in [-0.25, -0.2) is 4.98 Å². The lowest BCUT2D eigenvalue weighted by molar-refractivity contribution is 1.28. The molecule has 0 radical (unpaired) electrons. The number of hydrogen-bond acceptors (Lipinski definition) is 2. The van der Waals surface area contributed by atoms with Crippen LogP contribution in [0, 0.1) is 6.92 Å². The molecular weight excluding hydrogens is 154 g/mol. The highest BCUT2D eigenvalue weighted by molar-refractivity contribution is 7.09. The fraction of sp³-hybridized carbons (Fsp3) is 0.167. The molecule has 1 aromatic heterocycles. The summed E-state index contributed by atoms with van der Waals surface area (Å²) in [5.41, 5.74) is 0.979. The Morgan fingerprint density at radius 3 is 2.67 bits per heavy atom. The normalized spacial score (nSPS) is 8.11. The maximum atomic E-state index is 4.13. The van der Waals surface area contributed by atoms with Crippen LogP contribution in [0.1, 0.15) is 10.7 Å². The van der Waals surface area contributed by atoms with Gasteiger partial charge in [0.25, 0.3) is 0 Å². The first-order valence-corrected chi connectivity index (χ1v) is 3.25. The summed E-state index contributed by atoms with van der Waals surface area (Å²) in [5.74, 6) is 0. The van der Waals surface area contributed by atoms with E-state index in [1.54, 1.807) is 17.4 Å². The molecule has 0 atom stereocenters. The van der Waals surface area contributed by atoms with E-state index >= 15 is 0 Å². The van der Waals surface area contributed by atoms with Crippen molar-refractivity contribution in [3.8, 4) is 0 Å². The molecule has 50 valence electrons. The first-order valence-electron chi connectivity index (χ1n) is 2.37. The SMILES string of the molecule is C=Cc1csc(C)n1.Cl. The van der Waals surface area contributed by atoms with Crippen molar-refractivity contribution >= 4 is 29.8 Å². The number of aryl methyl sites for hydroxylation is 1. The van der Waals surface area contributed by atoms with Crippen LogP contribution in [0.3, 0.4) is 0 Å². The number of halogens is 1. The lowest BCUT2D eigenvalue weighted by atomic mass is 10.5. The highest BCUT2D eigenvalue weighted by Crippen LogP contribution is 2.07. The molecule has 1 aromatic rings. The molecule has 1 nitrogen and oxygen atoms in total. The van der Waals surface area contributed by atoms with E-state index in [4.69, 9.17) is 0 Å². The Morgan fingerprint density at radius 1 is 1.78 bits per heavy atom. The maximum Gasteiger partial charge on any atom is 0.0901 e. The number of nitrogens with zero attached hydrogens (tertiary/aromatic N) is 1. The molecule has 0 N–H and O–H groups in total. The van der Waals surface area contributed by atoms with Gasteiger partial charge in [-0.05, 0) is 13.0 Å². The average molecular weight is 162 g/mol. The second kappa shape index (κ2) is 3.64. The van der Waals surface area contributed by atoms with E-state index in [0.717, 1.165) is 10.7 Å². The summed E-state index contributed by atoms with van der Waals surface area (Å²) in [6, 6.07) is 0. The monoisotopic (exact) mass is 161 g/mol. The van der Waals surface area contributed by atoms with Gasteiger partial charge in [-0.1, -0.05) is 6.58 Å². The Hall–Kier alpha value is -0.340. The van der Waals surface area contributed by atoms with Gasteiger partial charge < -0.3 is 0 Å². The zero-order valence-corrected chi connectivity index (χ0v) is 6.76. The summed E-state index contributed by atoms with van der Waals surface area (Å²) in [4.78, 5) is 4.13. The molecule has 0 amide bonds. The summed E-state index contributed by atoms with van der Waals surface area (Å²) in [5, 5.41) is 3.09. The van der Waals surface area contributed by atoms with Crippen LogP contribution >= 0.6 is 23.7 Å². The van der Waals surface area contributed by atoms with Gasteiger partial charge >= 0.3 is 0 Å². The third-order valence-corrected chi connectivity index (χ3v) is 1.64. The minimum Gasteiger partial charge on any atom is -0.242 e. The first kappa shape index (κ1) is 8.66. The average Bonchev–Trinajstić information content (AvgIpc) is 2.14. The molecule has 1 rings (SSSR count). The van der Waals surface area contributed by atoms with E-state index in [-0.39, 0.29) is 12.4 Å². The fourth-order valence-corrected chi connectivity index (χ4v) is 1.07. The molecule has 1 heterocycles. The summed E-state index contributed by atoms with van der Waals surface area (Å²) < 4.78 is 0. The molecule has 0 aliphatic rings. The zero-order chi connectivity index (χ0) is 5.98. The third-order valence-electron chi connectivity index (χ3n) is 0.846. The molecule has 0 aliphatic heterocycles. The van der Waals surface area contributed by atoms with Crippen molar-refractivity contribution in [1.82, 2.24) is 4.98 Å². The maximum absolute atomic E-state index is 4.13. The molecule has 9 heavy (non-hydrogen) atoms. The van der Waals surface area contributed by atoms with Gasteiger partial charge in [0.15, 0.2) is 0 Å². The topological polar surface area (TPSA) is 12.9 Å². The van der Waals surface area contributed by atoms with E-state index in [2.05, 4.69) is 11.6 Å². The Balaban J connectivity index is 0.000000640. The van der Waals surface area contributed by atoms with E-state index in [1.807, 2.05) is 12.3 Å². The molecule has 0 aromatic carbocycles. The van der Waals surface area contributed by atoms with Crippen molar-refractivity contribution in [3.05, 3.63) is 22.7 Å². The van der Waals surface area contributed by atoms with E-state index in [1.165, 1.54) is 0 Å². The van der Waals surface area contributed by atoms with Crippen molar-refractivity contribution in [3.63, 3.8) is 0 Å². The van der Waals surface area contributed by atoms with Crippen molar-refractivity contribution < 1.29 is 0 Å². The smallest absolute Gasteiger partial charge is 0.0901 e. The molecule has 0 spiro atoms. The Kier molecular flexibility index (Phi) is 3.50. The van der Waals surface area contributed by atoms with Crippen LogP contribution in [0.2, 0.25) is 0 Å². The molecule has 3 heteroatoms. The predicted molar refractivity (Wildman–Crippen MR) is 44.2 cm³/mol. The molecular formula is C6H8ClNS. The Morgan fingerprint density at radius 2 is 2.44 bits per heavy atom. The molecule has 0 aliphatic carbocycles. The molecule has 0 unspecified atom stereocenters. The standard InChI is InChI=1S/C6H7NS.ClH/c1-3-6-4-8-5(2)7-6;/h3-4H,1H2,2H3;1H.